The molecule has 0 saturated heterocycles. The number of pyridine rings is 1. The van der Waals surface area contributed by atoms with Gasteiger partial charge in [0.15, 0.2) is 11.6 Å². The zero-order valence-electron chi connectivity index (χ0n) is 20.8. The summed E-state index contributed by atoms with van der Waals surface area (Å²) in [6, 6.07) is 6.84. The van der Waals surface area contributed by atoms with E-state index in [1.54, 1.807) is 13.0 Å². The standard InChI is InChI=1S/C26H29F2N7O/c1-14(2)35-16(4)30-25-19(27)9-18(10-22(25)35)24-20(28)11-29-26(33-24)32-23-6-5-17-13-34(12-15(3)36)8-7-21(17)31-23/h5-6,9-11,14-15,36H,7-8,12-13H2,1-4H3,(H,29,31,32,33). The molecule has 1 aliphatic heterocycles. The van der Waals surface area contributed by atoms with Crippen LogP contribution >= 0.6 is 0 Å². The number of nitrogens with zero attached hydrogens (tertiary/aromatic N) is 6. The Morgan fingerprint density at radius 3 is 2.64 bits per heavy atom. The number of imidazole rings is 1. The van der Waals surface area contributed by atoms with Crippen molar-refractivity contribution >= 4 is 22.8 Å². The fourth-order valence-electron chi connectivity index (χ4n) is 4.88. The lowest BCUT2D eigenvalue weighted by atomic mass is 10.1. The van der Waals surface area contributed by atoms with E-state index in [4.69, 9.17) is 4.98 Å². The highest BCUT2D eigenvalue weighted by molar-refractivity contribution is 5.83. The number of halogens is 2. The summed E-state index contributed by atoms with van der Waals surface area (Å²) in [4.78, 5) is 19.6. The van der Waals surface area contributed by atoms with Crippen LogP contribution in [-0.2, 0) is 13.0 Å². The SMILES string of the molecule is Cc1nc2c(F)cc(-c3nc(Nc4ccc5c(n4)CCN(CC(C)O)C5)ncc3F)cc2n1C(C)C. The maximum absolute atomic E-state index is 14.9. The molecule has 2 N–H and O–H groups in total. The van der Waals surface area contributed by atoms with Crippen LogP contribution in [0.4, 0.5) is 20.5 Å². The lowest BCUT2D eigenvalue weighted by Gasteiger charge is -2.29. The van der Waals surface area contributed by atoms with Crippen LogP contribution in [0.5, 0.6) is 0 Å². The molecule has 8 nitrogen and oxygen atoms in total. The first kappa shape index (κ1) is 24.2. The summed E-state index contributed by atoms with van der Waals surface area (Å²) < 4.78 is 31.7. The topological polar surface area (TPSA) is 92.0 Å². The average molecular weight is 494 g/mol. The lowest BCUT2D eigenvalue weighted by molar-refractivity contribution is 0.118. The van der Waals surface area contributed by atoms with Gasteiger partial charge in [-0.1, -0.05) is 6.07 Å². The molecule has 4 aromatic rings. The summed E-state index contributed by atoms with van der Waals surface area (Å²) in [7, 11) is 0. The van der Waals surface area contributed by atoms with Crippen molar-refractivity contribution in [3.05, 3.63) is 59.2 Å². The third-order valence-electron chi connectivity index (χ3n) is 6.35. The molecule has 0 spiro atoms. The minimum atomic E-state index is -0.650. The van der Waals surface area contributed by atoms with Gasteiger partial charge in [-0.05, 0) is 51.5 Å². The first-order chi connectivity index (χ1) is 17.2. The summed E-state index contributed by atoms with van der Waals surface area (Å²) in [5.41, 5.74) is 3.22. The highest BCUT2D eigenvalue weighted by Gasteiger charge is 2.20. The van der Waals surface area contributed by atoms with E-state index in [1.165, 1.54) is 6.07 Å². The molecule has 36 heavy (non-hydrogen) atoms. The predicted molar refractivity (Wildman–Crippen MR) is 134 cm³/mol. The van der Waals surface area contributed by atoms with Gasteiger partial charge in [0, 0.05) is 43.4 Å². The number of hydrogen-bond donors (Lipinski definition) is 2. The molecule has 0 amide bonds. The molecule has 0 radical (unpaired) electrons. The van der Waals surface area contributed by atoms with Crippen LogP contribution < -0.4 is 5.32 Å². The number of β-amino-alcohol motifs (C(OH)–C–C–N with tert-alkyl or cyclic N) is 1. The predicted octanol–water partition coefficient (Wildman–Crippen LogP) is 4.54. The van der Waals surface area contributed by atoms with Crippen molar-refractivity contribution in [2.45, 2.75) is 52.8 Å². The summed E-state index contributed by atoms with van der Waals surface area (Å²) in [5.74, 6) is 0.223. The molecule has 4 heterocycles. The highest BCUT2D eigenvalue weighted by atomic mass is 19.1. The molecule has 0 aliphatic carbocycles. The first-order valence-electron chi connectivity index (χ1n) is 12.1. The second-order valence-corrected chi connectivity index (χ2v) is 9.60. The maximum atomic E-state index is 14.9. The monoisotopic (exact) mass is 493 g/mol. The minimum Gasteiger partial charge on any atom is -0.392 e. The Bertz CT molecular complexity index is 1430. The van der Waals surface area contributed by atoms with Crippen LogP contribution in [0.2, 0.25) is 0 Å². The van der Waals surface area contributed by atoms with Gasteiger partial charge < -0.3 is 15.0 Å². The summed E-state index contributed by atoms with van der Waals surface area (Å²) in [6.07, 6.45) is 1.45. The number of rotatable bonds is 6. The van der Waals surface area contributed by atoms with E-state index < -0.39 is 11.6 Å². The summed E-state index contributed by atoms with van der Waals surface area (Å²) in [6.45, 7) is 9.74. The van der Waals surface area contributed by atoms with E-state index in [0.29, 0.717) is 29.3 Å². The van der Waals surface area contributed by atoms with Gasteiger partial charge in [-0.15, -0.1) is 0 Å². The van der Waals surface area contributed by atoms with Gasteiger partial charge >= 0.3 is 0 Å². The number of benzene rings is 1. The molecular weight excluding hydrogens is 464 g/mol. The fourth-order valence-corrected chi connectivity index (χ4v) is 4.88. The average Bonchev–Trinajstić information content (AvgIpc) is 3.16. The van der Waals surface area contributed by atoms with Crippen LogP contribution in [0.1, 0.15) is 43.9 Å². The smallest absolute Gasteiger partial charge is 0.229 e. The Morgan fingerprint density at radius 2 is 1.89 bits per heavy atom. The highest BCUT2D eigenvalue weighted by Crippen LogP contribution is 2.30. The summed E-state index contributed by atoms with van der Waals surface area (Å²) in [5, 5.41) is 12.7. The van der Waals surface area contributed by atoms with E-state index in [1.807, 2.05) is 37.5 Å². The van der Waals surface area contributed by atoms with Crippen LogP contribution in [0.25, 0.3) is 22.3 Å². The first-order valence-corrected chi connectivity index (χ1v) is 12.1. The second kappa shape index (κ2) is 9.51. The Morgan fingerprint density at radius 1 is 1.08 bits per heavy atom. The molecule has 188 valence electrons. The van der Waals surface area contributed by atoms with E-state index in [9.17, 15) is 13.9 Å². The Kier molecular flexibility index (Phi) is 6.40. The van der Waals surface area contributed by atoms with Crippen molar-refractivity contribution in [3.8, 4) is 11.3 Å². The maximum Gasteiger partial charge on any atom is 0.229 e. The van der Waals surface area contributed by atoms with Gasteiger partial charge in [0.05, 0.1) is 17.8 Å². The molecule has 1 unspecified atom stereocenters. The molecule has 0 bridgehead atoms. The molecular formula is C26H29F2N7O. The van der Waals surface area contributed by atoms with Gasteiger partial charge in [0.2, 0.25) is 5.95 Å². The zero-order valence-corrected chi connectivity index (χ0v) is 20.8. The van der Waals surface area contributed by atoms with Crippen LogP contribution in [0.3, 0.4) is 0 Å². The molecule has 1 atom stereocenters. The third-order valence-corrected chi connectivity index (χ3v) is 6.35. The number of aromatic nitrogens is 5. The Labute approximate surface area is 208 Å². The van der Waals surface area contributed by atoms with Crippen LogP contribution in [0, 0.1) is 18.6 Å². The normalized spacial score (nSPS) is 14.9. The number of nitrogens with one attached hydrogen (secondary N) is 1. The van der Waals surface area contributed by atoms with Crippen molar-refractivity contribution in [1.29, 1.82) is 0 Å². The third kappa shape index (κ3) is 4.66. The van der Waals surface area contributed by atoms with Crippen LogP contribution in [0.15, 0.2) is 30.5 Å². The molecule has 1 aromatic carbocycles. The summed E-state index contributed by atoms with van der Waals surface area (Å²) >= 11 is 0. The number of aliphatic hydroxyl groups excluding tert-OH is 1. The minimum absolute atomic E-state index is 0.00538. The van der Waals surface area contributed by atoms with Gasteiger partial charge in [0.25, 0.3) is 0 Å². The Hall–Kier alpha value is -3.50. The van der Waals surface area contributed by atoms with Crippen molar-refractivity contribution in [1.82, 2.24) is 29.4 Å². The number of anilines is 2. The van der Waals surface area contributed by atoms with Crippen molar-refractivity contribution in [2.24, 2.45) is 0 Å². The molecule has 0 fully saturated rings. The van der Waals surface area contributed by atoms with E-state index >= 15 is 0 Å². The quantitative estimate of drug-likeness (QED) is 0.408. The van der Waals surface area contributed by atoms with E-state index in [-0.39, 0.29) is 29.3 Å². The van der Waals surface area contributed by atoms with Gasteiger partial charge in [-0.2, -0.15) is 0 Å². The number of fused-ring (bicyclic) bond motifs is 2. The van der Waals surface area contributed by atoms with Crippen molar-refractivity contribution < 1.29 is 13.9 Å². The van der Waals surface area contributed by atoms with E-state index in [0.717, 1.165) is 37.0 Å². The zero-order chi connectivity index (χ0) is 25.6. The Balaban J connectivity index is 1.44. The number of aliphatic hydroxyl groups is 1. The number of aryl methyl sites for hydroxylation is 1. The number of hydrogen-bond acceptors (Lipinski definition) is 7. The van der Waals surface area contributed by atoms with E-state index in [2.05, 4.69) is 25.2 Å². The van der Waals surface area contributed by atoms with Gasteiger partial charge in [-0.3, -0.25) is 4.90 Å². The lowest BCUT2D eigenvalue weighted by Crippen LogP contribution is -2.36. The largest absolute Gasteiger partial charge is 0.392 e. The van der Waals surface area contributed by atoms with Gasteiger partial charge in [0.1, 0.15) is 22.9 Å². The molecule has 5 rings (SSSR count). The molecule has 1 aliphatic rings. The molecule has 3 aromatic heterocycles. The molecule has 0 saturated carbocycles. The van der Waals surface area contributed by atoms with Crippen molar-refractivity contribution in [2.75, 3.05) is 18.4 Å². The van der Waals surface area contributed by atoms with Crippen molar-refractivity contribution in [3.63, 3.8) is 0 Å². The van der Waals surface area contributed by atoms with Gasteiger partial charge in [-0.25, -0.2) is 28.7 Å². The molecule has 10 heteroatoms. The second-order valence-electron chi connectivity index (χ2n) is 9.60. The van der Waals surface area contributed by atoms with Crippen LogP contribution in [-0.4, -0.2) is 53.7 Å². The fraction of sp³-hybridized carbons (Fsp3) is 0.385.